The second kappa shape index (κ2) is 9.17. The molecule has 8 heteroatoms. The molecule has 29 heavy (non-hydrogen) atoms. The summed E-state index contributed by atoms with van der Waals surface area (Å²) in [6.07, 6.45) is 0.643. The summed E-state index contributed by atoms with van der Waals surface area (Å²) in [7, 11) is 6.22. The van der Waals surface area contributed by atoms with Gasteiger partial charge >= 0.3 is 0 Å². The van der Waals surface area contributed by atoms with E-state index in [2.05, 4.69) is 0 Å². The molecule has 3 rings (SSSR count). The fourth-order valence-electron chi connectivity index (χ4n) is 3.34. The van der Waals surface area contributed by atoms with Crippen LogP contribution in [0.4, 0.5) is 0 Å². The Morgan fingerprint density at radius 1 is 1.00 bits per heavy atom. The van der Waals surface area contributed by atoms with Crippen molar-refractivity contribution in [3.05, 3.63) is 41.5 Å². The molecule has 1 aliphatic rings. The first-order valence-corrected chi connectivity index (χ1v) is 10.1. The molecule has 2 aromatic rings. The maximum atomic E-state index is 12.5. The van der Waals surface area contributed by atoms with Crippen molar-refractivity contribution in [1.29, 1.82) is 0 Å². The summed E-state index contributed by atoms with van der Waals surface area (Å²) in [6, 6.07) is 8.99. The van der Waals surface area contributed by atoms with Crippen molar-refractivity contribution < 1.29 is 28.8 Å². The molecule has 1 fully saturated rings. The van der Waals surface area contributed by atoms with Crippen LogP contribution in [0.15, 0.2) is 30.3 Å². The van der Waals surface area contributed by atoms with Gasteiger partial charge in [0.1, 0.15) is 5.37 Å². The monoisotopic (exact) mass is 419 g/mol. The van der Waals surface area contributed by atoms with Gasteiger partial charge in [-0.05, 0) is 41.8 Å². The summed E-state index contributed by atoms with van der Waals surface area (Å²) in [5, 5.41) is 9.62. The Bertz CT molecular complexity index is 862. The third-order valence-corrected chi connectivity index (χ3v) is 6.08. The third-order valence-electron chi connectivity index (χ3n) is 4.83. The highest BCUT2D eigenvalue weighted by Gasteiger charge is 2.33. The standard InChI is InChI=1S/C21H25NO6S/c1-25-16-9-13(5-6-15(16)23)7-8-22-19(24)12-29-21(22)14-10-17(26-2)20(28-4)18(11-14)27-3/h5-6,9-11,21,23H,7-8,12H2,1-4H3. The van der Waals surface area contributed by atoms with Gasteiger partial charge in [-0.2, -0.15) is 0 Å². The maximum Gasteiger partial charge on any atom is 0.233 e. The number of phenols is 1. The minimum absolute atomic E-state index is 0.0829. The molecule has 1 amide bonds. The minimum Gasteiger partial charge on any atom is -0.504 e. The Balaban J connectivity index is 1.84. The molecule has 0 aromatic heterocycles. The van der Waals surface area contributed by atoms with Crippen LogP contribution in [0.25, 0.3) is 0 Å². The number of carbonyl (C=O) groups excluding carboxylic acids is 1. The number of phenolic OH excluding ortho intramolecular Hbond substituents is 1. The highest BCUT2D eigenvalue weighted by molar-refractivity contribution is 8.00. The zero-order valence-electron chi connectivity index (χ0n) is 16.9. The lowest BCUT2D eigenvalue weighted by Gasteiger charge is -2.25. The number of rotatable bonds is 8. The van der Waals surface area contributed by atoms with E-state index in [1.54, 1.807) is 45.2 Å². The van der Waals surface area contributed by atoms with Gasteiger partial charge in [0.15, 0.2) is 23.0 Å². The molecule has 1 heterocycles. The quantitative estimate of drug-likeness (QED) is 0.704. The van der Waals surface area contributed by atoms with Crippen molar-refractivity contribution in [3.63, 3.8) is 0 Å². The molecule has 1 atom stereocenters. The van der Waals surface area contributed by atoms with E-state index < -0.39 is 0 Å². The number of thioether (sulfide) groups is 1. The molecular formula is C21H25NO6S. The third kappa shape index (κ3) is 4.32. The molecule has 0 radical (unpaired) electrons. The Morgan fingerprint density at radius 3 is 2.24 bits per heavy atom. The van der Waals surface area contributed by atoms with Crippen molar-refractivity contribution >= 4 is 17.7 Å². The first-order chi connectivity index (χ1) is 14.0. The van der Waals surface area contributed by atoms with Gasteiger partial charge in [0.25, 0.3) is 0 Å². The van der Waals surface area contributed by atoms with Gasteiger partial charge in [-0.3, -0.25) is 4.79 Å². The molecule has 0 saturated carbocycles. The maximum absolute atomic E-state index is 12.5. The van der Waals surface area contributed by atoms with Gasteiger partial charge in [0.05, 0.1) is 34.2 Å². The summed E-state index contributed by atoms with van der Waals surface area (Å²) >= 11 is 1.57. The number of carbonyl (C=O) groups is 1. The van der Waals surface area contributed by atoms with Crippen LogP contribution in [0.1, 0.15) is 16.5 Å². The Morgan fingerprint density at radius 2 is 1.66 bits per heavy atom. The number of methoxy groups -OCH3 is 4. The number of aromatic hydroxyl groups is 1. The van der Waals surface area contributed by atoms with Gasteiger partial charge in [0, 0.05) is 6.54 Å². The van der Waals surface area contributed by atoms with E-state index in [9.17, 15) is 9.90 Å². The molecule has 0 aliphatic carbocycles. The topological polar surface area (TPSA) is 77.5 Å². The minimum atomic E-state index is -0.143. The van der Waals surface area contributed by atoms with Crippen LogP contribution in [0, 0.1) is 0 Å². The van der Waals surface area contributed by atoms with Crippen LogP contribution in [0.2, 0.25) is 0 Å². The van der Waals surface area contributed by atoms with Crippen LogP contribution in [0.3, 0.4) is 0 Å². The predicted molar refractivity (Wildman–Crippen MR) is 111 cm³/mol. The first kappa shape index (κ1) is 21.0. The van der Waals surface area contributed by atoms with E-state index in [-0.39, 0.29) is 17.0 Å². The molecule has 7 nitrogen and oxygen atoms in total. The lowest BCUT2D eigenvalue weighted by Crippen LogP contribution is -2.30. The molecule has 1 aliphatic heterocycles. The fourth-order valence-corrected chi connectivity index (χ4v) is 4.54. The molecule has 0 spiro atoms. The second-order valence-corrected chi connectivity index (χ2v) is 7.53. The van der Waals surface area contributed by atoms with Crippen molar-refractivity contribution in [3.8, 4) is 28.7 Å². The van der Waals surface area contributed by atoms with Crippen molar-refractivity contribution in [2.75, 3.05) is 40.7 Å². The van der Waals surface area contributed by atoms with Crippen LogP contribution in [-0.4, -0.2) is 56.7 Å². The molecule has 156 valence electrons. The highest BCUT2D eigenvalue weighted by Crippen LogP contribution is 2.45. The second-order valence-electron chi connectivity index (χ2n) is 6.47. The molecular weight excluding hydrogens is 394 g/mol. The van der Waals surface area contributed by atoms with Gasteiger partial charge in [-0.15, -0.1) is 11.8 Å². The fraction of sp³-hybridized carbons (Fsp3) is 0.381. The van der Waals surface area contributed by atoms with Crippen molar-refractivity contribution in [1.82, 2.24) is 4.90 Å². The van der Waals surface area contributed by atoms with E-state index in [0.29, 0.717) is 41.7 Å². The number of benzene rings is 2. The van der Waals surface area contributed by atoms with E-state index in [0.717, 1.165) is 11.1 Å². The normalized spacial score (nSPS) is 16.1. The predicted octanol–water partition coefficient (Wildman–Crippen LogP) is 3.24. The lowest BCUT2D eigenvalue weighted by atomic mass is 10.1. The van der Waals surface area contributed by atoms with Gasteiger partial charge in [-0.25, -0.2) is 0 Å². The zero-order valence-corrected chi connectivity index (χ0v) is 17.7. The van der Waals surface area contributed by atoms with Gasteiger partial charge < -0.3 is 29.0 Å². The molecule has 2 aromatic carbocycles. The number of hydrogen-bond donors (Lipinski definition) is 1. The van der Waals surface area contributed by atoms with E-state index in [1.807, 2.05) is 23.1 Å². The molecule has 0 bridgehead atoms. The van der Waals surface area contributed by atoms with Crippen molar-refractivity contribution in [2.45, 2.75) is 11.8 Å². The van der Waals surface area contributed by atoms with Gasteiger partial charge in [0.2, 0.25) is 11.7 Å². The highest BCUT2D eigenvalue weighted by atomic mass is 32.2. The number of amides is 1. The SMILES string of the molecule is COc1cc(CCN2C(=O)CSC2c2cc(OC)c(OC)c(OC)c2)ccc1O. The van der Waals surface area contributed by atoms with Crippen molar-refractivity contribution in [2.24, 2.45) is 0 Å². The van der Waals surface area contributed by atoms with Crippen LogP contribution < -0.4 is 18.9 Å². The summed E-state index contributed by atoms with van der Waals surface area (Å²) in [5.41, 5.74) is 1.90. The number of ether oxygens (including phenoxy) is 4. The van der Waals surface area contributed by atoms with Crippen LogP contribution >= 0.6 is 11.8 Å². The number of hydrogen-bond acceptors (Lipinski definition) is 7. The smallest absolute Gasteiger partial charge is 0.233 e. The van der Waals surface area contributed by atoms with E-state index in [1.165, 1.54) is 7.11 Å². The number of nitrogens with zero attached hydrogens (tertiary/aromatic N) is 1. The summed E-state index contributed by atoms with van der Waals surface area (Å²) in [4.78, 5) is 14.4. The van der Waals surface area contributed by atoms with E-state index in [4.69, 9.17) is 18.9 Å². The van der Waals surface area contributed by atoms with Crippen LogP contribution in [0.5, 0.6) is 28.7 Å². The lowest BCUT2D eigenvalue weighted by molar-refractivity contribution is -0.128. The van der Waals surface area contributed by atoms with Gasteiger partial charge in [-0.1, -0.05) is 6.07 Å². The average Bonchev–Trinajstić information content (AvgIpc) is 3.12. The average molecular weight is 419 g/mol. The summed E-state index contributed by atoms with van der Waals surface area (Å²) in [5.74, 6) is 2.66. The molecule has 1 unspecified atom stereocenters. The Hall–Kier alpha value is -2.74. The molecule has 1 saturated heterocycles. The summed E-state index contributed by atoms with van der Waals surface area (Å²) in [6.45, 7) is 0.543. The Kier molecular flexibility index (Phi) is 6.64. The van der Waals surface area contributed by atoms with E-state index >= 15 is 0 Å². The first-order valence-electron chi connectivity index (χ1n) is 9.09. The molecule has 1 N–H and O–H groups in total. The van der Waals surface area contributed by atoms with Crippen LogP contribution in [-0.2, 0) is 11.2 Å². The summed E-state index contributed by atoms with van der Waals surface area (Å²) < 4.78 is 21.5. The zero-order chi connectivity index (χ0) is 21.0. The Labute approximate surface area is 174 Å². The largest absolute Gasteiger partial charge is 0.504 e.